The fraction of sp³-hybridized carbons (Fsp3) is 0.409. The van der Waals surface area contributed by atoms with Crippen LogP contribution < -0.4 is 14.5 Å². The maximum absolute atomic E-state index is 12.7. The van der Waals surface area contributed by atoms with Crippen LogP contribution in [0.1, 0.15) is 30.9 Å². The van der Waals surface area contributed by atoms with Gasteiger partial charge in [-0.3, -0.25) is 4.79 Å². The molecule has 6 nitrogen and oxygen atoms in total. The zero-order valence-corrected chi connectivity index (χ0v) is 17.5. The van der Waals surface area contributed by atoms with Gasteiger partial charge in [-0.15, -0.1) is 0 Å². The SMILES string of the molecule is CCC(=O)N1CCc2cc(S(=O)(=O)NCCCN3CCc4ccccc43)ccc21. The molecule has 0 aliphatic carbocycles. The minimum Gasteiger partial charge on any atom is -0.371 e. The van der Waals surface area contributed by atoms with Crippen molar-refractivity contribution in [3.05, 3.63) is 53.6 Å². The van der Waals surface area contributed by atoms with Gasteiger partial charge >= 0.3 is 0 Å². The monoisotopic (exact) mass is 413 g/mol. The van der Waals surface area contributed by atoms with Crippen molar-refractivity contribution in [3.63, 3.8) is 0 Å². The van der Waals surface area contributed by atoms with Crippen molar-refractivity contribution in [2.45, 2.75) is 37.5 Å². The van der Waals surface area contributed by atoms with E-state index in [1.165, 1.54) is 11.3 Å². The smallest absolute Gasteiger partial charge is 0.240 e. The summed E-state index contributed by atoms with van der Waals surface area (Å²) in [6, 6.07) is 13.4. The topological polar surface area (TPSA) is 69.7 Å². The Hall–Kier alpha value is -2.38. The molecule has 2 aliphatic heterocycles. The van der Waals surface area contributed by atoms with E-state index < -0.39 is 10.0 Å². The second-order valence-corrected chi connectivity index (χ2v) is 9.32. The average molecular weight is 414 g/mol. The van der Waals surface area contributed by atoms with Crippen molar-refractivity contribution in [1.29, 1.82) is 0 Å². The third-order valence-corrected chi connectivity index (χ3v) is 7.20. The van der Waals surface area contributed by atoms with Crippen LogP contribution in [0.3, 0.4) is 0 Å². The van der Waals surface area contributed by atoms with E-state index in [2.05, 4.69) is 27.8 Å². The molecule has 0 radical (unpaired) electrons. The van der Waals surface area contributed by atoms with Gasteiger partial charge < -0.3 is 9.80 Å². The number of amides is 1. The third-order valence-electron chi connectivity index (χ3n) is 5.74. The molecule has 0 unspecified atom stereocenters. The molecule has 0 fully saturated rings. The molecule has 0 saturated heterocycles. The molecule has 0 bridgehead atoms. The van der Waals surface area contributed by atoms with Crippen LogP contribution in [0.4, 0.5) is 11.4 Å². The second kappa shape index (κ2) is 8.16. The molecule has 0 saturated carbocycles. The van der Waals surface area contributed by atoms with Crippen LogP contribution in [0.15, 0.2) is 47.4 Å². The number of anilines is 2. The number of para-hydroxylation sites is 1. The van der Waals surface area contributed by atoms with Crippen LogP contribution in [0.25, 0.3) is 0 Å². The highest BCUT2D eigenvalue weighted by Gasteiger charge is 2.25. The van der Waals surface area contributed by atoms with Gasteiger partial charge in [0.2, 0.25) is 15.9 Å². The Bertz CT molecular complexity index is 1020. The molecule has 2 heterocycles. The van der Waals surface area contributed by atoms with Crippen molar-refractivity contribution in [1.82, 2.24) is 4.72 Å². The van der Waals surface area contributed by atoms with E-state index in [1.807, 2.05) is 13.0 Å². The van der Waals surface area contributed by atoms with Crippen LogP contribution in [-0.2, 0) is 27.7 Å². The van der Waals surface area contributed by atoms with Crippen LogP contribution in [0.5, 0.6) is 0 Å². The number of nitrogens with zero attached hydrogens (tertiary/aromatic N) is 2. The molecule has 1 N–H and O–H groups in total. The highest BCUT2D eigenvalue weighted by molar-refractivity contribution is 7.89. The molecule has 4 rings (SSSR count). The van der Waals surface area contributed by atoms with Gasteiger partial charge in [0.05, 0.1) is 4.90 Å². The number of carbonyl (C=O) groups is 1. The van der Waals surface area contributed by atoms with Gasteiger partial charge in [-0.1, -0.05) is 25.1 Å². The first-order valence-corrected chi connectivity index (χ1v) is 11.7. The van der Waals surface area contributed by atoms with Crippen LogP contribution in [-0.4, -0.2) is 40.5 Å². The fourth-order valence-electron chi connectivity index (χ4n) is 4.19. The Labute approximate surface area is 172 Å². The molecule has 2 aromatic carbocycles. The van der Waals surface area contributed by atoms with Crippen molar-refractivity contribution in [2.24, 2.45) is 0 Å². The zero-order valence-electron chi connectivity index (χ0n) is 16.7. The van der Waals surface area contributed by atoms with Gasteiger partial charge in [-0.25, -0.2) is 13.1 Å². The maximum atomic E-state index is 12.7. The summed E-state index contributed by atoms with van der Waals surface area (Å²) in [5, 5.41) is 0. The molecular weight excluding hydrogens is 386 g/mol. The lowest BCUT2D eigenvalue weighted by Gasteiger charge is -2.19. The van der Waals surface area contributed by atoms with Crippen LogP contribution in [0, 0.1) is 0 Å². The summed E-state index contributed by atoms with van der Waals surface area (Å²) in [5.74, 6) is 0.0703. The van der Waals surface area contributed by atoms with Crippen molar-refractivity contribution in [2.75, 3.05) is 36.0 Å². The number of hydrogen-bond acceptors (Lipinski definition) is 4. The van der Waals surface area contributed by atoms with Crippen molar-refractivity contribution >= 4 is 27.3 Å². The molecule has 0 spiro atoms. The summed E-state index contributed by atoms with van der Waals surface area (Å²) in [6.45, 7) is 4.68. The fourth-order valence-corrected chi connectivity index (χ4v) is 5.32. The first kappa shape index (κ1) is 19.9. The average Bonchev–Trinajstić information content (AvgIpc) is 3.34. The molecule has 0 aromatic heterocycles. The van der Waals surface area contributed by atoms with E-state index in [0.717, 1.165) is 37.2 Å². The van der Waals surface area contributed by atoms with E-state index in [4.69, 9.17) is 0 Å². The van der Waals surface area contributed by atoms with E-state index in [-0.39, 0.29) is 10.8 Å². The van der Waals surface area contributed by atoms with Crippen LogP contribution >= 0.6 is 0 Å². The van der Waals surface area contributed by atoms with E-state index in [0.29, 0.717) is 25.9 Å². The number of nitrogens with one attached hydrogen (secondary N) is 1. The summed E-state index contributed by atoms with van der Waals surface area (Å²) in [7, 11) is -3.55. The van der Waals surface area contributed by atoms with Crippen molar-refractivity contribution < 1.29 is 13.2 Å². The number of hydrogen-bond donors (Lipinski definition) is 1. The molecule has 0 atom stereocenters. The summed E-state index contributed by atoms with van der Waals surface area (Å²) in [5.41, 5.74) is 4.38. The van der Waals surface area contributed by atoms with E-state index in [9.17, 15) is 13.2 Å². The van der Waals surface area contributed by atoms with Gasteiger partial charge in [0.15, 0.2) is 0 Å². The molecule has 1 amide bonds. The summed E-state index contributed by atoms with van der Waals surface area (Å²) < 4.78 is 28.1. The summed E-state index contributed by atoms with van der Waals surface area (Å²) >= 11 is 0. The summed E-state index contributed by atoms with van der Waals surface area (Å²) in [6.07, 6.45) is 2.94. The molecule has 7 heteroatoms. The first-order chi connectivity index (χ1) is 14.0. The molecule has 29 heavy (non-hydrogen) atoms. The molecular formula is C22H27N3O3S. The van der Waals surface area contributed by atoms with Gasteiger partial charge in [0, 0.05) is 44.0 Å². The van der Waals surface area contributed by atoms with Crippen molar-refractivity contribution in [3.8, 4) is 0 Å². The maximum Gasteiger partial charge on any atom is 0.240 e. The Morgan fingerprint density at radius 1 is 1.03 bits per heavy atom. The largest absolute Gasteiger partial charge is 0.371 e. The Kier molecular flexibility index (Phi) is 5.61. The number of benzene rings is 2. The molecule has 2 aliphatic rings. The van der Waals surface area contributed by atoms with Gasteiger partial charge in [-0.05, 0) is 54.7 Å². The Balaban J connectivity index is 1.35. The Morgan fingerprint density at radius 2 is 1.83 bits per heavy atom. The predicted molar refractivity (Wildman–Crippen MR) is 115 cm³/mol. The summed E-state index contributed by atoms with van der Waals surface area (Å²) in [4.78, 5) is 16.3. The quantitative estimate of drug-likeness (QED) is 0.709. The third kappa shape index (κ3) is 4.02. The normalized spacial score (nSPS) is 15.5. The highest BCUT2D eigenvalue weighted by Crippen LogP contribution is 2.31. The lowest BCUT2D eigenvalue weighted by Crippen LogP contribution is -2.29. The predicted octanol–water partition coefficient (Wildman–Crippen LogP) is 2.72. The number of sulfonamides is 1. The molecule has 2 aromatic rings. The first-order valence-electron chi connectivity index (χ1n) is 10.3. The highest BCUT2D eigenvalue weighted by atomic mass is 32.2. The number of carbonyl (C=O) groups excluding carboxylic acids is 1. The zero-order chi connectivity index (χ0) is 20.4. The lowest BCUT2D eigenvalue weighted by atomic mass is 10.2. The van der Waals surface area contributed by atoms with Gasteiger partial charge in [-0.2, -0.15) is 0 Å². The number of fused-ring (bicyclic) bond motifs is 2. The van der Waals surface area contributed by atoms with E-state index in [1.54, 1.807) is 23.1 Å². The van der Waals surface area contributed by atoms with E-state index >= 15 is 0 Å². The second-order valence-electron chi connectivity index (χ2n) is 7.56. The molecule has 154 valence electrons. The standard InChI is InChI=1S/C22H27N3O3S/c1-2-22(26)25-15-11-18-16-19(8-9-21(18)25)29(27,28)23-12-5-13-24-14-10-17-6-3-4-7-20(17)24/h3-4,6-9,16,23H,2,5,10-15H2,1H3. The minimum atomic E-state index is -3.55. The lowest BCUT2D eigenvalue weighted by molar-refractivity contribution is -0.118. The van der Waals surface area contributed by atoms with Gasteiger partial charge in [0.1, 0.15) is 0 Å². The minimum absolute atomic E-state index is 0.0703. The number of rotatable bonds is 7. The Morgan fingerprint density at radius 3 is 2.66 bits per heavy atom. The van der Waals surface area contributed by atoms with Crippen LogP contribution in [0.2, 0.25) is 0 Å². The van der Waals surface area contributed by atoms with Gasteiger partial charge in [0.25, 0.3) is 0 Å².